The van der Waals surface area contributed by atoms with Crippen molar-refractivity contribution in [3.63, 3.8) is 0 Å². The molecular weight excluding hydrogens is 417 g/mol. The first-order chi connectivity index (χ1) is 9.96. The van der Waals surface area contributed by atoms with E-state index in [4.69, 9.17) is 11.6 Å². The maximum atomic E-state index is 6.16. The van der Waals surface area contributed by atoms with Crippen LogP contribution >= 0.6 is 43.5 Å². The second kappa shape index (κ2) is 7.27. The summed E-state index contributed by atoms with van der Waals surface area (Å²) in [5.41, 5.74) is 3.43. The molecule has 1 aromatic heterocycles. The molecule has 1 atom stereocenters. The van der Waals surface area contributed by atoms with E-state index in [-0.39, 0.29) is 6.04 Å². The van der Waals surface area contributed by atoms with Crippen molar-refractivity contribution in [1.82, 2.24) is 15.1 Å². The Kier molecular flexibility index (Phi) is 5.88. The summed E-state index contributed by atoms with van der Waals surface area (Å²) in [6.45, 7) is 2.11. The minimum Gasteiger partial charge on any atom is -0.313 e. The van der Waals surface area contributed by atoms with Crippen LogP contribution in [-0.4, -0.2) is 16.8 Å². The fraction of sp³-hybridized carbons (Fsp3) is 0.400. The van der Waals surface area contributed by atoms with Crippen LogP contribution in [0.15, 0.2) is 27.1 Å². The molecule has 0 fully saturated rings. The third-order valence-electron chi connectivity index (χ3n) is 3.54. The lowest BCUT2D eigenvalue weighted by atomic mass is 10.0. The average molecular weight is 436 g/mol. The molecule has 6 heteroatoms. The zero-order chi connectivity index (χ0) is 15.6. The van der Waals surface area contributed by atoms with Gasteiger partial charge in [-0.3, -0.25) is 4.68 Å². The summed E-state index contributed by atoms with van der Waals surface area (Å²) in [7, 11) is 3.95. The molecule has 0 aliphatic rings. The second-order valence-corrected chi connectivity index (χ2v) is 7.08. The molecule has 0 saturated heterocycles. The first kappa shape index (κ1) is 17.0. The Balaban J connectivity index is 2.33. The van der Waals surface area contributed by atoms with Gasteiger partial charge in [-0.05, 0) is 53.2 Å². The lowest BCUT2D eigenvalue weighted by Gasteiger charge is -2.18. The summed E-state index contributed by atoms with van der Waals surface area (Å²) < 4.78 is 4.05. The minimum atomic E-state index is 0.177. The SMILES string of the molecule is CCc1nn(C)c(CC(NC)c2cc(Cl)cc(Br)c2)c1Br. The van der Waals surface area contributed by atoms with E-state index in [1.807, 2.05) is 30.9 Å². The molecule has 1 heterocycles. The highest BCUT2D eigenvalue weighted by Gasteiger charge is 2.18. The lowest BCUT2D eigenvalue weighted by Crippen LogP contribution is -2.20. The highest BCUT2D eigenvalue weighted by Crippen LogP contribution is 2.29. The summed E-state index contributed by atoms with van der Waals surface area (Å²) in [5.74, 6) is 0. The van der Waals surface area contributed by atoms with Crippen LogP contribution in [0.2, 0.25) is 5.02 Å². The largest absolute Gasteiger partial charge is 0.313 e. The molecular formula is C15H18Br2ClN3. The summed E-state index contributed by atoms with van der Waals surface area (Å²) in [4.78, 5) is 0. The van der Waals surface area contributed by atoms with Crippen LogP contribution in [0.4, 0.5) is 0 Å². The Morgan fingerprint density at radius 3 is 2.57 bits per heavy atom. The third-order valence-corrected chi connectivity index (χ3v) is 5.13. The molecule has 2 rings (SSSR count). The highest BCUT2D eigenvalue weighted by molar-refractivity contribution is 9.10. The summed E-state index contributed by atoms with van der Waals surface area (Å²) in [5, 5.41) is 8.65. The van der Waals surface area contributed by atoms with Crippen LogP contribution in [0.3, 0.4) is 0 Å². The van der Waals surface area contributed by atoms with Crippen molar-refractivity contribution in [2.45, 2.75) is 25.8 Å². The van der Waals surface area contributed by atoms with E-state index in [1.54, 1.807) is 0 Å². The van der Waals surface area contributed by atoms with E-state index >= 15 is 0 Å². The first-order valence-electron chi connectivity index (χ1n) is 6.79. The van der Waals surface area contributed by atoms with Crippen molar-refractivity contribution in [1.29, 1.82) is 0 Å². The normalized spacial score (nSPS) is 12.7. The van der Waals surface area contributed by atoms with Crippen LogP contribution in [0.5, 0.6) is 0 Å². The van der Waals surface area contributed by atoms with Gasteiger partial charge in [-0.15, -0.1) is 0 Å². The number of hydrogen-bond acceptors (Lipinski definition) is 2. The zero-order valence-electron chi connectivity index (χ0n) is 12.3. The van der Waals surface area contributed by atoms with Gasteiger partial charge in [0.25, 0.3) is 0 Å². The molecule has 1 N–H and O–H groups in total. The number of hydrogen-bond donors (Lipinski definition) is 1. The van der Waals surface area contributed by atoms with Gasteiger partial charge in [0.05, 0.1) is 15.9 Å². The number of nitrogens with zero attached hydrogens (tertiary/aromatic N) is 2. The summed E-state index contributed by atoms with van der Waals surface area (Å²) in [6, 6.07) is 6.17. The number of halogens is 3. The number of aromatic nitrogens is 2. The molecule has 2 aromatic rings. The van der Waals surface area contributed by atoms with E-state index in [2.05, 4.69) is 55.3 Å². The minimum absolute atomic E-state index is 0.177. The van der Waals surface area contributed by atoms with Crippen molar-refractivity contribution in [3.8, 4) is 0 Å². The quantitative estimate of drug-likeness (QED) is 0.740. The van der Waals surface area contributed by atoms with E-state index < -0.39 is 0 Å². The summed E-state index contributed by atoms with van der Waals surface area (Å²) in [6.07, 6.45) is 1.76. The van der Waals surface area contributed by atoms with Crippen LogP contribution in [0.1, 0.15) is 29.9 Å². The van der Waals surface area contributed by atoms with Gasteiger partial charge in [-0.2, -0.15) is 5.10 Å². The van der Waals surface area contributed by atoms with Gasteiger partial charge in [0.15, 0.2) is 0 Å². The Morgan fingerprint density at radius 1 is 1.33 bits per heavy atom. The van der Waals surface area contributed by atoms with Crippen molar-refractivity contribution in [2.75, 3.05) is 7.05 Å². The van der Waals surface area contributed by atoms with Gasteiger partial charge in [0.1, 0.15) is 0 Å². The molecule has 3 nitrogen and oxygen atoms in total. The van der Waals surface area contributed by atoms with Crippen molar-refractivity contribution >= 4 is 43.5 Å². The van der Waals surface area contributed by atoms with Gasteiger partial charge in [0, 0.05) is 29.0 Å². The third kappa shape index (κ3) is 3.89. The fourth-order valence-corrected chi connectivity index (χ4v) is 4.06. The second-order valence-electron chi connectivity index (χ2n) is 4.93. The van der Waals surface area contributed by atoms with Gasteiger partial charge in [0.2, 0.25) is 0 Å². The average Bonchev–Trinajstić information content (AvgIpc) is 2.70. The standard InChI is InChI=1S/C15H18Br2ClN3/c1-4-12-15(17)14(21(3)20-12)8-13(19-2)9-5-10(16)7-11(18)6-9/h5-7,13,19H,4,8H2,1-3H3. The van der Waals surface area contributed by atoms with Crippen LogP contribution in [0.25, 0.3) is 0 Å². The first-order valence-corrected chi connectivity index (χ1v) is 8.76. The number of likely N-dealkylation sites (N-methyl/N-ethyl adjacent to an activating group) is 1. The molecule has 0 bridgehead atoms. The fourth-order valence-electron chi connectivity index (χ4n) is 2.40. The molecule has 0 amide bonds. The molecule has 0 aliphatic carbocycles. The Morgan fingerprint density at radius 2 is 2.05 bits per heavy atom. The van der Waals surface area contributed by atoms with E-state index in [1.165, 1.54) is 5.69 Å². The van der Waals surface area contributed by atoms with Crippen molar-refractivity contribution in [2.24, 2.45) is 7.05 Å². The van der Waals surface area contributed by atoms with Gasteiger partial charge < -0.3 is 5.32 Å². The van der Waals surface area contributed by atoms with E-state index in [9.17, 15) is 0 Å². The van der Waals surface area contributed by atoms with Crippen LogP contribution in [0, 0.1) is 0 Å². The number of benzene rings is 1. The van der Waals surface area contributed by atoms with Gasteiger partial charge in [-0.25, -0.2) is 0 Å². The van der Waals surface area contributed by atoms with Crippen molar-refractivity contribution in [3.05, 3.63) is 49.1 Å². The Hall–Kier alpha value is -0.360. The number of nitrogens with one attached hydrogen (secondary N) is 1. The van der Waals surface area contributed by atoms with Crippen LogP contribution in [-0.2, 0) is 19.9 Å². The number of aryl methyl sites for hydroxylation is 2. The Bertz CT molecular complexity index is 620. The van der Waals surface area contributed by atoms with Gasteiger partial charge >= 0.3 is 0 Å². The number of rotatable bonds is 5. The zero-order valence-corrected chi connectivity index (χ0v) is 16.2. The maximum absolute atomic E-state index is 6.16. The molecule has 0 radical (unpaired) electrons. The van der Waals surface area contributed by atoms with Gasteiger partial charge in [-0.1, -0.05) is 34.5 Å². The molecule has 0 aliphatic heterocycles. The molecule has 0 saturated carbocycles. The molecule has 114 valence electrons. The topological polar surface area (TPSA) is 29.9 Å². The Labute approximate surface area is 147 Å². The molecule has 1 unspecified atom stereocenters. The molecule has 0 spiro atoms. The lowest BCUT2D eigenvalue weighted by molar-refractivity contribution is 0.560. The summed E-state index contributed by atoms with van der Waals surface area (Å²) >= 11 is 13.3. The molecule has 21 heavy (non-hydrogen) atoms. The smallest absolute Gasteiger partial charge is 0.0766 e. The van der Waals surface area contributed by atoms with Crippen molar-refractivity contribution < 1.29 is 0 Å². The van der Waals surface area contributed by atoms with E-state index in [0.29, 0.717) is 0 Å². The van der Waals surface area contributed by atoms with E-state index in [0.717, 1.165) is 38.1 Å². The van der Waals surface area contributed by atoms with Crippen LogP contribution < -0.4 is 5.32 Å². The monoisotopic (exact) mass is 433 g/mol. The maximum Gasteiger partial charge on any atom is 0.0766 e. The predicted octanol–water partition coefficient (Wildman–Crippen LogP) is 4.66. The predicted molar refractivity (Wildman–Crippen MR) is 94.9 cm³/mol. The molecule has 1 aromatic carbocycles. The highest BCUT2D eigenvalue weighted by atomic mass is 79.9.